The van der Waals surface area contributed by atoms with Crippen molar-refractivity contribution in [3.8, 4) is 0 Å². The number of hydrogen-bond acceptors (Lipinski definition) is 1. The van der Waals surface area contributed by atoms with Gasteiger partial charge >= 0.3 is 0 Å². The van der Waals surface area contributed by atoms with E-state index in [2.05, 4.69) is 26.0 Å². The molecule has 0 unspecified atom stereocenters. The third kappa shape index (κ3) is 12.1. The van der Waals surface area contributed by atoms with Gasteiger partial charge < -0.3 is 4.74 Å². The predicted molar refractivity (Wildman–Crippen MR) is 220 cm³/mol. The fraction of sp³-hybridized carbons (Fsp3) is 0.760. The van der Waals surface area contributed by atoms with Gasteiger partial charge in [0, 0.05) is 13.2 Å². The van der Waals surface area contributed by atoms with E-state index < -0.39 is 0 Å². The largest absolute Gasteiger partial charge is 0.381 e. The number of benzene rings is 2. The number of aryl methyl sites for hydroxylation is 2. The number of ether oxygens (including phenoxy) is 1. The van der Waals surface area contributed by atoms with Gasteiger partial charge in [0.05, 0.1) is 0 Å². The average Bonchev–Trinajstić information content (AvgIpc) is 3.20. The number of unbranched alkanes of at least 4 members (excludes halogenated alkanes) is 2. The van der Waals surface area contributed by atoms with E-state index in [1.165, 1.54) is 152 Å². The summed E-state index contributed by atoms with van der Waals surface area (Å²) in [5, 5.41) is 0. The van der Waals surface area contributed by atoms with Crippen molar-refractivity contribution in [1.82, 2.24) is 0 Å². The minimum atomic E-state index is -0.0397. The molecule has 0 aromatic heterocycles. The minimum absolute atomic E-state index is 0.0397. The van der Waals surface area contributed by atoms with E-state index in [4.69, 9.17) is 4.74 Å². The van der Waals surface area contributed by atoms with Gasteiger partial charge in [-0.25, -0.2) is 8.78 Å². The Bertz CT molecular complexity index is 1220. The molecule has 0 aliphatic heterocycles. The third-order valence-electron chi connectivity index (χ3n) is 15.2. The molecule has 2 aromatic rings. The van der Waals surface area contributed by atoms with Crippen LogP contribution in [0.1, 0.15) is 202 Å². The van der Waals surface area contributed by atoms with Gasteiger partial charge in [-0.2, -0.15) is 0 Å². The Hall–Kier alpha value is -1.74. The van der Waals surface area contributed by atoms with Crippen LogP contribution in [0.25, 0.3) is 0 Å². The number of rotatable bonds is 18. The fourth-order valence-electron chi connectivity index (χ4n) is 11.6. The Morgan fingerprint density at radius 3 is 1.17 bits per heavy atom. The Kier molecular flexibility index (Phi) is 16.6. The van der Waals surface area contributed by atoms with Crippen LogP contribution < -0.4 is 0 Å². The van der Waals surface area contributed by atoms with Gasteiger partial charge in [0.2, 0.25) is 0 Å². The van der Waals surface area contributed by atoms with Crippen molar-refractivity contribution in [2.24, 2.45) is 35.5 Å². The maximum absolute atomic E-state index is 15.2. The van der Waals surface area contributed by atoms with Gasteiger partial charge in [-0.1, -0.05) is 102 Å². The molecule has 4 saturated carbocycles. The monoisotopic (exact) mass is 731 g/mol. The molecule has 2 aromatic carbocycles. The maximum Gasteiger partial charge on any atom is 0.126 e. The molecule has 4 fully saturated rings. The zero-order valence-electron chi connectivity index (χ0n) is 34.0. The first-order valence-corrected chi connectivity index (χ1v) is 23.1. The summed E-state index contributed by atoms with van der Waals surface area (Å²) in [6, 6.07) is 12.2. The van der Waals surface area contributed by atoms with E-state index in [9.17, 15) is 0 Å². The summed E-state index contributed by atoms with van der Waals surface area (Å²) < 4.78 is 36.2. The Balaban J connectivity index is 0.823. The number of halogens is 2. The lowest BCUT2D eigenvalue weighted by Crippen LogP contribution is -2.25. The van der Waals surface area contributed by atoms with Crippen molar-refractivity contribution < 1.29 is 13.5 Å². The highest BCUT2D eigenvalue weighted by Gasteiger charge is 2.33. The summed E-state index contributed by atoms with van der Waals surface area (Å²) in [5.74, 6) is 6.63. The van der Waals surface area contributed by atoms with E-state index in [0.29, 0.717) is 37.9 Å². The zero-order valence-corrected chi connectivity index (χ0v) is 34.0. The molecule has 1 nitrogen and oxygen atoms in total. The van der Waals surface area contributed by atoms with Crippen molar-refractivity contribution in [2.75, 3.05) is 13.2 Å². The van der Waals surface area contributed by atoms with Gasteiger partial charge in [-0.15, -0.1) is 0 Å². The van der Waals surface area contributed by atoms with E-state index in [1.807, 2.05) is 24.3 Å². The summed E-state index contributed by atoms with van der Waals surface area (Å²) in [7, 11) is 0. The normalized spacial score (nSPS) is 29.7. The highest BCUT2D eigenvalue weighted by Crippen LogP contribution is 2.46. The van der Waals surface area contributed by atoms with Crippen molar-refractivity contribution in [1.29, 1.82) is 0 Å². The SMILES string of the molecule is CCCCC1CCC(C2CCC(c3ccc(CCCOCCCc4ccc(C5CCC(C6CCC(CCCC)CC6)CC5)cc4F)c(F)c3)CC2)CC1. The molecule has 0 saturated heterocycles. The molecule has 53 heavy (non-hydrogen) atoms. The van der Waals surface area contributed by atoms with Gasteiger partial charge in [0.1, 0.15) is 11.6 Å². The summed E-state index contributed by atoms with van der Waals surface area (Å²) in [5.41, 5.74) is 4.04. The molecule has 6 rings (SSSR count). The summed E-state index contributed by atoms with van der Waals surface area (Å²) in [6.07, 6.45) is 33.2. The summed E-state index contributed by atoms with van der Waals surface area (Å²) >= 11 is 0. The second-order valence-electron chi connectivity index (χ2n) is 18.6. The Morgan fingerprint density at radius 2 is 0.830 bits per heavy atom. The molecular formula is C50H76F2O. The van der Waals surface area contributed by atoms with Crippen LogP contribution >= 0.6 is 0 Å². The van der Waals surface area contributed by atoms with Crippen LogP contribution in [-0.4, -0.2) is 13.2 Å². The lowest BCUT2D eigenvalue weighted by atomic mass is 9.68. The van der Waals surface area contributed by atoms with Crippen molar-refractivity contribution in [3.63, 3.8) is 0 Å². The Labute approximate surface area is 324 Å². The second-order valence-corrected chi connectivity index (χ2v) is 18.6. The van der Waals surface area contributed by atoms with Gasteiger partial charge in [-0.05, 0) is 184 Å². The van der Waals surface area contributed by atoms with E-state index in [-0.39, 0.29) is 11.6 Å². The molecule has 0 spiro atoms. The van der Waals surface area contributed by atoms with Crippen LogP contribution in [0, 0.1) is 47.1 Å². The fourth-order valence-corrected chi connectivity index (χ4v) is 11.6. The van der Waals surface area contributed by atoms with Crippen molar-refractivity contribution in [2.45, 2.75) is 193 Å². The maximum atomic E-state index is 15.2. The first kappa shape index (κ1) is 40.9. The van der Waals surface area contributed by atoms with Crippen LogP contribution in [-0.2, 0) is 17.6 Å². The highest BCUT2D eigenvalue weighted by molar-refractivity contribution is 5.29. The van der Waals surface area contributed by atoms with Crippen molar-refractivity contribution in [3.05, 3.63) is 70.3 Å². The molecule has 0 bridgehead atoms. The van der Waals surface area contributed by atoms with Gasteiger partial charge in [0.25, 0.3) is 0 Å². The zero-order chi connectivity index (χ0) is 36.8. The summed E-state index contributed by atoms with van der Waals surface area (Å²) in [4.78, 5) is 0. The number of hydrogen-bond donors (Lipinski definition) is 0. The van der Waals surface area contributed by atoms with Crippen LogP contribution in [0.15, 0.2) is 36.4 Å². The van der Waals surface area contributed by atoms with Crippen molar-refractivity contribution >= 4 is 0 Å². The molecule has 0 atom stereocenters. The average molecular weight is 731 g/mol. The third-order valence-corrected chi connectivity index (χ3v) is 15.2. The van der Waals surface area contributed by atoms with Crippen LogP contribution in [0.4, 0.5) is 8.78 Å². The van der Waals surface area contributed by atoms with E-state index in [0.717, 1.165) is 59.5 Å². The summed E-state index contributed by atoms with van der Waals surface area (Å²) in [6.45, 7) is 5.87. The first-order chi connectivity index (χ1) is 26.0. The molecule has 4 aliphatic rings. The molecule has 0 N–H and O–H groups in total. The predicted octanol–water partition coefficient (Wildman–Crippen LogP) is 15.1. The van der Waals surface area contributed by atoms with Gasteiger partial charge in [0.15, 0.2) is 0 Å². The van der Waals surface area contributed by atoms with E-state index in [1.54, 1.807) is 0 Å². The van der Waals surface area contributed by atoms with Gasteiger partial charge in [-0.3, -0.25) is 0 Å². The molecule has 296 valence electrons. The quantitative estimate of drug-likeness (QED) is 0.139. The molecular weight excluding hydrogens is 655 g/mol. The standard InChI is InChI=1S/C50H76F2O/c1-3-5-9-37-13-17-39(18-14-37)41-21-25-43(26-22-41)47-31-29-45(49(51)35-47)11-7-33-53-34-8-12-46-30-32-48(36-50(46)52)44-27-23-42(24-28-44)40-19-15-38(16-20-40)10-6-4-2/h29-32,35-44H,3-28,33-34H2,1-2H3. The smallest absolute Gasteiger partial charge is 0.126 e. The second kappa shape index (κ2) is 21.5. The van der Waals surface area contributed by atoms with Crippen LogP contribution in [0.2, 0.25) is 0 Å². The van der Waals surface area contributed by atoms with Crippen LogP contribution in [0.5, 0.6) is 0 Å². The highest BCUT2D eigenvalue weighted by atomic mass is 19.1. The van der Waals surface area contributed by atoms with Crippen LogP contribution in [0.3, 0.4) is 0 Å². The lowest BCUT2D eigenvalue weighted by Gasteiger charge is -2.38. The first-order valence-electron chi connectivity index (χ1n) is 23.1. The minimum Gasteiger partial charge on any atom is -0.381 e. The molecule has 0 amide bonds. The lowest BCUT2D eigenvalue weighted by molar-refractivity contribution is 0.129. The van der Waals surface area contributed by atoms with E-state index >= 15 is 8.78 Å². The Morgan fingerprint density at radius 1 is 0.472 bits per heavy atom. The topological polar surface area (TPSA) is 9.23 Å². The molecule has 0 radical (unpaired) electrons. The molecule has 4 aliphatic carbocycles. The molecule has 3 heteroatoms. The molecule has 0 heterocycles.